The van der Waals surface area contributed by atoms with Crippen LogP contribution in [0.1, 0.15) is 18.9 Å². The second-order valence-electron chi connectivity index (χ2n) is 6.53. The van der Waals surface area contributed by atoms with Gasteiger partial charge >= 0.3 is 0 Å². The van der Waals surface area contributed by atoms with Crippen molar-refractivity contribution in [2.45, 2.75) is 30.0 Å². The van der Waals surface area contributed by atoms with Crippen LogP contribution in [0.25, 0.3) is 0 Å². The summed E-state index contributed by atoms with van der Waals surface area (Å²) in [5.41, 5.74) is 2.01. The number of carbonyl (C=O) groups excluding carboxylic acids is 1. The molecule has 0 aromatic heterocycles. The molecular weight excluding hydrogens is 335 g/mol. The van der Waals surface area contributed by atoms with E-state index in [2.05, 4.69) is 13.0 Å². The number of likely N-dealkylation sites (N-methyl/N-ethyl adjacent to an activating group) is 1. The quantitative estimate of drug-likeness (QED) is 0.819. The molecule has 3 rings (SSSR count). The number of fused-ring (bicyclic) bond motifs is 1. The Morgan fingerprint density at radius 3 is 2.72 bits per heavy atom. The van der Waals surface area contributed by atoms with Crippen LogP contribution in [0, 0.1) is 5.82 Å². The number of carbonyl (C=O) groups is 1. The molecule has 5 heteroatoms. The largest absolute Gasteiger partial charge is 0.310 e. The second kappa shape index (κ2) is 8.02. The summed E-state index contributed by atoms with van der Waals surface area (Å²) in [5, 5.41) is 0.496. The molecule has 1 atom stereocenters. The molecule has 0 spiro atoms. The minimum absolute atomic E-state index is 0.103. The summed E-state index contributed by atoms with van der Waals surface area (Å²) >= 11 is 1.83. The van der Waals surface area contributed by atoms with Gasteiger partial charge in [-0.15, -0.1) is 11.8 Å². The standard InChI is InChI=1S/C20H23FN2OS/c1-15-11-12-23(18-5-3-4-6-19(18)25-15)20(24)14-22(2)13-16-7-9-17(21)10-8-16/h3-10,15H,11-14H2,1-2H3/t15-/m1/s1. The van der Waals surface area contributed by atoms with E-state index in [0.717, 1.165) is 24.2 Å². The molecule has 0 radical (unpaired) electrons. The average Bonchev–Trinajstić information content (AvgIpc) is 2.75. The van der Waals surface area contributed by atoms with Crippen LogP contribution in [-0.4, -0.2) is 36.2 Å². The summed E-state index contributed by atoms with van der Waals surface area (Å²) in [6, 6.07) is 14.5. The number of halogens is 1. The highest BCUT2D eigenvalue weighted by Crippen LogP contribution is 2.37. The lowest BCUT2D eigenvalue weighted by Gasteiger charge is -2.25. The van der Waals surface area contributed by atoms with Crippen LogP contribution < -0.4 is 4.90 Å². The Morgan fingerprint density at radius 1 is 1.24 bits per heavy atom. The Kier molecular flexibility index (Phi) is 5.76. The molecule has 1 aliphatic heterocycles. The normalized spacial score (nSPS) is 17.3. The lowest BCUT2D eigenvalue weighted by Crippen LogP contribution is -2.39. The summed E-state index contributed by atoms with van der Waals surface area (Å²) in [7, 11) is 1.92. The number of hydrogen-bond donors (Lipinski definition) is 0. The van der Waals surface area contributed by atoms with Gasteiger partial charge in [-0.2, -0.15) is 0 Å². The molecule has 0 fully saturated rings. The van der Waals surface area contributed by atoms with Crippen LogP contribution in [-0.2, 0) is 11.3 Å². The number of thioether (sulfide) groups is 1. The van der Waals surface area contributed by atoms with Gasteiger partial charge in [-0.05, 0) is 43.3 Å². The van der Waals surface area contributed by atoms with Crippen LogP contribution in [0.5, 0.6) is 0 Å². The van der Waals surface area contributed by atoms with Crippen LogP contribution in [0.4, 0.5) is 10.1 Å². The van der Waals surface area contributed by atoms with E-state index in [1.165, 1.54) is 17.0 Å². The van der Waals surface area contributed by atoms with E-state index in [-0.39, 0.29) is 11.7 Å². The fourth-order valence-electron chi connectivity index (χ4n) is 3.02. The highest BCUT2D eigenvalue weighted by molar-refractivity contribution is 8.00. The maximum absolute atomic E-state index is 13.0. The van der Waals surface area contributed by atoms with E-state index in [4.69, 9.17) is 0 Å². The van der Waals surface area contributed by atoms with E-state index in [9.17, 15) is 9.18 Å². The summed E-state index contributed by atoms with van der Waals surface area (Å²) in [5.74, 6) is -0.137. The SMILES string of the molecule is C[C@@H]1CCN(C(=O)CN(C)Cc2ccc(F)cc2)c2ccccc2S1. The molecule has 1 aliphatic rings. The number of amides is 1. The number of rotatable bonds is 4. The predicted molar refractivity (Wildman–Crippen MR) is 101 cm³/mol. The molecule has 1 amide bonds. The van der Waals surface area contributed by atoms with Crippen LogP contribution in [0.2, 0.25) is 0 Å². The van der Waals surface area contributed by atoms with Crippen molar-refractivity contribution in [3.05, 3.63) is 59.9 Å². The first-order valence-electron chi connectivity index (χ1n) is 8.52. The lowest BCUT2D eigenvalue weighted by molar-refractivity contribution is -0.119. The number of para-hydroxylation sites is 1. The Balaban J connectivity index is 1.69. The van der Waals surface area contributed by atoms with Crippen LogP contribution in [0.15, 0.2) is 53.4 Å². The molecule has 2 aromatic carbocycles. The first-order chi connectivity index (χ1) is 12.0. The summed E-state index contributed by atoms with van der Waals surface area (Å²) < 4.78 is 13.0. The monoisotopic (exact) mass is 358 g/mol. The van der Waals surface area contributed by atoms with Gasteiger partial charge in [0.1, 0.15) is 5.82 Å². The highest BCUT2D eigenvalue weighted by atomic mass is 32.2. The van der Waals surface area contributed by atoms with Gasteiger partial charge in [0.05, 0.1) is 12.2 Å². The van der Waals surface area contributed by atoms with Crippen LogP contribution in [0.3, 0.4) is 0 Å². The number of benzene rings is 2. The summed E-state index contributed by atoms with van der Waals surface area (Å²) in [6.07, 6.45) is 0.979. The van der Waals surface area contributed by atoms with Gasteiger partial charge < -0.3 is 4.90 Å². The average molecular weight is 358 g/mol. The van der Waals surface area contributed by atoms with Crippen molar-refractivity contribution < 1.29 is 9.18 Å². The van der Waals surface area contributed by atoms with Crippen molar-refractivity contribution in [2.24, 2.45) is 0 Å². The van der Waals surface area contributed by atoms with E-state index in [1.807, 2.05) is 46.8 Å². The Labute approximate surface area is 152 Å². The van der Waals surface area contributed by atoms with Crippen molar-refractivity contribution in [1.29, 1.82) is 0 Å². The second-order valence-corrected chi connectivity index (χ2v) is 8.01. The van der Waals surface area contributed by atoms with Gasteiger partial charge in [0.25, 0.3) is 0 Å². The first kappa shape index (κ1) is 18.0. The zero-order valence-corrected chi connectivity index (χ0v) is 15.4. The van der Waals surface area contributed by atoms with Crippen molar-refractivity contribution in [3.63, 3.8) is 0 Å². The zero-order chi connectivity index (χ0) is 17.8. The molecule has 1 heterocycles. The van der Waals surface area contributed by atoms with E-state index in [0.29, 0.717) is 18.3 Å². The molecule has 0 saturated heterocycles. The summed E-state index contributed by atoms with van der Waals surface area (Å²) in [4.78, 5) is 17.9. The van der Waals surface area contributed by atoms with Gasteiger partial charge in [-0.1, -0.05) is 31.2 Å². The lowest BCUT2D eigenvalue weighted by atomic mass is 10.2. The third-order valence-corrected chi connectivity index (χ3v) is 5.55. The molecule has 25 heavy (non-hydrogen) atoms. The van der Waals surface area contributed by atoms with E-state index < -0.39 is 0 Å². The number of anilines is 1. The Hall–Kier alpha value is -1.85. The van der Waals surface area contributed by atoms with Crippen molar-refractivity contribution in [3.8, 4) is 0 Å². The van der Waals surface area contributed by atoms with E-state index in [1.54, 1.807) is 12.1 Å². The predicted octanol–water partition coefficient (Wildman–Crippen LogP) is 4.18. The maximum Gasteiger partial charge on any atom is 0.241 e. The molecule has 0 N–H and O–H groups in total. The Morgan fingerprint density at radius 2 is 1.96 bits per heavy atom. The van der Waals surface area contributed by atoms with Crippen LogP contribution >= 0.6 is 11.8 Å². The molecule has 3 nitrogen and oxygen atoms in total. The zero-order valence-electron chi connectivity index (χ0n) is 14.6. The van der Waals surface area contributed by atoms with Gasteiger partial charge in [0.2, 0.25) is 5.91 Å². The van der Waals surface area contributed by atoms with Crippen molar-refractivity contribution >= 4 is 23.4 Å². The molecule has 2 aromatic rings. The van der Waals surface area contributed by atoms with Crippen molar-refractivity contribution in [1.82, 2.24) is 4.90 Å². The fourth-order valence-corrected chi connectivity index (χ4v) is 4.13. The van der Waals surface area contributed by atoms with Gasteiger partial charge in [-0.3, -0.25) is 9.69 Å². The minimum atomic E-state index is -0.240. The Bertz CT molecular complexity index is 735. The minimum Gasteiger partial charge on any atom is -0.310 e. The van der Waals surface area contributed by atoms with Gasteiger partial charge in [-0.25, -0.2) is 4.39 Å². The molecule has 0 unspecified atom stereocenters. The highest BCUT2D eigenvalue weighted by Gasteiger charge is 2.24. The number of hydrogen-bond acceptors (Lipinski definition) is 3. The number of nitrogens with zero attached hydrogens (tertiary/aromatic N) is 2. The summed E-state index contributed by atoms with van der Waals surface area (Å²) in [6.45, 7) is 3.90. The fraction of sp³-hybridized carbons (Fsp3) is 0.350. The van der Waals surface area contributed by atoms with Gasteiger partial charge in [0.15, 0.2) is 0 Å². The van der Waals surface area contributed by atoms with Gasteiger partial charge in [0, 0.05) is 23.2 Å². The molecular formula is C20H23FN2OS. The molecule has 132 valence electrons. The smallest absolute Gasteiger partial charge is 0.241 e. The topological polar surface area (TPSA) is 23.6 Å². The molecule has 0 aliphatic carbocycles. The maximum atomic E-state index is 13.0. The third-order valence-electron chi connectivity index (χ3n) is 4.32. The van der Waals surface area contributed by atoms with Crippen molar-refractivity contribution in [2.75, 3.05) is 25.0 Å². The molecule has 0 bridgehead atoms. The third kappa shape index (κ3) is 4.61. The molecule has 0 saturated carbocycles. The van der Waals surface area contributed by atoms with E-state index >= 15 is 0 Å². The first-order valence-corrected chi connectivity index (χ1v) is 9.40.